The molecule has 0 spiro atoms. The van der Waals surface area contributed by atoms with Crippen LogP contribution < -0.4 is 4.74 Å². The van der Waals surface area contributed by atoms with Gasteiger partial charge in [0.25, 0.3) is 5.91 Å². The monoisotopic (exact) mass is 430 g/mol. The Bertz CT molecular complexity index is 1050. The lowest BCUT2D eigenvalue weighted by Crippen LogP contribution is -2.26. The summed E-state index contributed by atoms with van der Waals surface area (Å²) in [5.74, 6) is -0.449. The lowest BCUT2D eigenvalue weighted by Gasteiger charge is -2.18. The number of carboxylic acids is 1. The van der Waals surface area contributed by atoms with E-state index in [1.54, 1.807) is 36.4 Å². The largest absolute Gasteiger partial charge is 0.493 e. The summed E-state index contributed by atoms with van der Waals surface area (Å²) in [4.78, 5) is 29.4. The summed E-state index contributed by atoms with van der Waals surface area (Å²) < 4.78 is 28.3. The van der Waals surface area contributed by atoms with Gasteiger partial charge in [-0.2, -0.15) is 0 Å². The fourth-order valence-electron chi connectivity index (χ4n) is 2.70. The van der Waals surface area contributed by atoms with Crippen molar-refractivity contribution in [1.82, 2.24) is 9.88 Å². The Labute approximate surface area is 181 Å². The fourth-order valence-corrected chi connectivity index (χ4v) is 3.56. The molecule has 1 N–H and O–H groups in total. The predicted molar refractivity (Wildman–Crippen MR) is 114 cm³/mol. The van der Waals surface area contributed by atoms with E-state index in [1.807, 2.05) is 0 Å². The Balaban J connectivity index is 1.68. The van der Waals surface area contributed by atoms with Crippen LogP contribution in [0.2, 0.25) is 0 Å². The van der Waals surface area contributed by atoms with Crippen LogP contribution >= 0.6 is 11.3 Å². The molecule has 1 amide bonds. The fraction of sp³-hybridized carbons (Fsp3) is 0.318. The van der Waals surface area contributed by atoms with E-state index in [4.69, 9.17) is 17.0 Å². The topological polar surface area (TPSA) is 92.9 Å². The summed E-state index contributed by atoms with van der Waals surface area (Å²) >= 11 is 1.13. The van der Waals surface area contributed by atoms with Crippen LogP contribution in [0.5, 0.6) is 5.75 Å². The number of unbranched alkanes of at least 4 members (excludes halogenated alkanes) is 2. The second-order valence-corrected chi connectivity index (χ2v) is 7.56. The third kappa shape index (κ3) is 5.93. The van der Waals surface area contributed by atoms with Gasteiger partial charge in [-0.3, -0.25) is 9.59 Å². The molecule has 0 aliphatic heterocycles. The zero-order chi connectivity index (χ0) is 23.1. The first-order valence-electron chi connectivity index (χ1n) is 10.5. The molecule has 0 aliphatic rings. The highest BCUT2D eigenvalue weighted by atomic mass is 32.1. The number of hydrogen-bond donors (Lipinski definition) is 1. The Kier molecular flexibility index (Phi) is 6.66. The molecule has 3 rings (SSSR count). The predicted octanol–water partition coefficient (Wildman–Crippen LogP) is 4.70. The van der Waals surface area contributed by atoms with Gasteiger partial charge in [-0.1, -0.05) is 18.2 Å². The van der Waals surface area contributed by atoms with Crippen molar-refractivity contribution < 1.29 is 26.6 Å². The minimum Gasteiger partial charge on any atom is -0.493 e. The third-order valence-electron chi connectivity index (χ3n) is 4.23. The van der Waals surface area contributed by atoms with E-state index < -0.39 is 18.4 Å². The molecule has 0 aliphatic carbocycles. The number of nitrogens with zero attached hydrogens (tertiary/aromatic N) is 2. The number of hydrogen-bond acceptors (Lipinski definition) is 6. The molecule has 0 radical (unpaired) electrons. The zero-order valence-corrected chi connectivity index (χ0v) is 17.4. The van der Waals surface area contributed by atoms with Gasteiger partial charge in [-0.05, 0) is 37.5 Å². The third-order valence-corrected chi connectivity index (χ3v) is 5.22. The zero-order valence-electron chi connectivity index (χ0n) is 18.5. The van der Waals surface area contributed by atoms with Gasteiger partial charge in [0.2, 0.25) is 0 Å². The number of aromatic nitrogens is 1. The van der Waals surface area contributed by atoms with E-state index >= 15 is 0 Å². The highest BCUT2D eigenvalue weighted by Crippen LogP contribution is 2.27. The molecule has 0 saturated carbocycles. The molecule has 3 aromatic rings. The molecule has 30 heavy (non-hydrogen) atoms. The van der Waals surface area contributed by atoms with Gasteiger partial charge in [-0.15, -0.1) is 11.3 Å². The van der Waals surface area contributed by atoms with Gasteiger partial charge in [0.1, 0.15) is 11.5 Å². The lowest BCUT2D eigenvalue weighted by atomic mass is 10.2. The number of carboxylic acid groups (broad SMARTS) is 1. The number of benzene rings is 1. The number of amides is 1. The van der Waals surface area contributed by atoms with Crippen LogP contribution in [0.1, 0.15) is 43.8 Å². The van der Waals surface area contributed by atoms with Crippen molar-refractivity contribution >= 4 is 23.2 Å². The number of para-hydroxylation sites is 1. The molecular weight excluding hydrogens is 404 g/mol. The number of carbonyl (C=O) groups excluding carboxylic acids is 1. The highest BCUT2D eigenvalue weighted by molar-refractivity contribution is 7.16. The van der Waals surface area contributed by atoms with Gasteiger partial charge in [-0.25, -0.2) is 4.98 Å². The molecule has 7 nitrogen and oxygen atoms in total. The molecule has 0 unspecified atom stereocenters. The summed E-state index contributed by atoms with van der Waals surface area (Å²) in [6, 6.07) is 10.2. The van der Waals surface area contributed by atoms with Gasteiger partial charge < -0.3 is 19.2 Å². The number of carbonyl (C=O) groups is 2. The van der Waals surface area contributed by atoms with Gasteiger partial charge in [0.05, 0.1) is 20.5 Å². The van der Waals surface area contributed by atoms with Crippen LogP contribution in [-0.4, -0.2) is 40.5 Å². The Morgan fingerprint density at radius 2 is 2.07 bits per heavy atom. The first kappa shape index (κ1) is 18.9. The first-order valence-corrected chi connectivity index (χ1v) is 10.3. The molecule has 2 heterocycles. The molecule has 0 atom stereocenters. The van der Waals surface area contributed by atoms with Crippen molar-refractivity contribution in [2.75, 3.05) is 13.7 Å². The summed E-state index contributed by atoms with van der Waals surface area (Å²) in [7, 11) is 1.39. The smallest absolute Gasteiger partial charge is 0.303 e. The van der Waals surface area contributed by atoms with Crippen molar-refractivity contribution in [3.8, 4) is 16.4 Å². The minimum absolute atomic E-state index is 0.116. The average molecular weight is 431 g/mol. The molecule has 8 heteroatoms. The maximum Gasteiger partial charge on any atom is 0.303 e. The van der Waals surface area contributed by atoms with Crippen LogP contribution in [0, 0.1) is 0 Å². The number of ether oxygens (including phenoxy) is 1. The molecule has 158 valence electrons. The Morgan fingerprint density at radius 1 is 1.23 bits per heavy atom. The van der Waals surface area contributed by atoms with Crippen molar-refractivity contribution in [2.45, 2.75) is 32.2 Å². The van der Waals surface area contributed by atoms with Crippen molar-refractivity contribution in [3.63, 3.8) is 0 Å². The van der Waals surface area contributed by atoms with E-state index in [0.717, 1.165) is 16.2 Å². The minimum atomic E-state index is -2.15. The van der Waals surface area contributed by atoms with Crippen molar-refractivity contribution in [3.05, 3.63) is 59.4 Å². The van der Waals surface area contributed by atoms with E-state index in [2.05, 4.69) is 4.98 Å². The van der Waals surface area contributed by atoms with Crippen LogP contribution in [0.3, 0.4) is 0 Å². The maximum atomic E-state index is 13.0. The maximum absolute atomic E-state index is 13.0. The number of rotatable bonds is 11. The van der Waals surface area contributed by atoms with E-state index in [1.165, 1.54) is 19.5 Å². The SMILES string of the molecule is [2H]C([2H])(c1ccccc1OCCCCCC(=O)O)N(C)C(=O)c1ncc(-c2ccco2)s1. The van der Waals surface area contributed by atoms with Crippen LogP contribution in [0.25, 0.3) is 10.6 Å². The first-order chi connectivity index (χ1) is 15.3. The molecule has 0 saturated heterocycles. The van der Waals surface area contributed by atoms with E-state index in [9.17, 15) is 9.59 Å². The second-order valence-electron chi connectivity index (χ2n) is 6.53. The Morgan fingerprint density at radius 3 is 2.83 bits per heavy atom. The molecular formula is C22H24N2O5S. The van der Waals surface area contributed by atoms with Crippen molar-refractivity contribution in [1.29, 1.82) is 0 Å². The van der Waals surface area contributed by atoms with Crippen molar-refractivity contribution in [2.24, 2.45) is 0 Å². The summed E-state index contributed by atoms with van der Waals surface area (Å²) in [5, 5.41) is 8.84. The van der Waals surface area contributed by atoms with Crippen LogP contribution in [0.4, 0.5) is 0 Å². The number of aliphatic carboxylic acids is 1. The summed E-state index contributed by atoms with van der Waals surface area (Å²) in [6.45, 7) is -1.82. The van der Waals surface area contributed by atoms with Gasteiger partial charge in [0, 0.05) is 31.7 Å². The van der Waals surface area contributed by atoms with Gasteiger partial charge >= 0.3 is 5.97 Å². The molecule has 2 aromatic heterocycles. The van der Waals surface area contributed by atoms with Crippen LogP contribution in [0.15, 0.2) is 53.3 Å². The van der Waals surface area contributed by atoms with E-state index in [-0.39, 0.29) is 17.0 Å². The summed E-state index contributed by atoms with van der Waals surface area (Å²) in [6.07, 6.45) is 5.08. The standard InChI is InChI=1S/C22H24N2O5S/c1-24(22(27)21-23-14-19(30-21)18-10-7-13-29-18)15-16-8-4-5-9-17(16)28-12-6-2-3-11-20(25)26/h4-5,7-10,13-14H,2-3,6,11-12,15H2,1H3,(H,25,26)/i15D2. The van der Waals surface area contributed by atoms with Gasteiger partial charge in [0.15, 0.2) is 5.01 Å². The molecule has 0 bridgehead atoms. The normalized spacial score (nSPS) is 12.2. The quantitative estimate of drug-likeness (QED) is 0.443. The number of thiazole rings is 1. The second kappa shape index (κ2) is 10.6. The molecule has 1 aromatic carbocycles. The van der Waals surface area contributed by atoms with E-state index in [0.29, 0.717) is 42.3 Å². The highest BCUT2D eigenvalue weighted by Gasteiger charge is 2.18. The van der Waals surface area contributed by atoms with Crippen LogP contribution in [-0.2, 0) is 11.3 Å². The lowest BCUT2D eigenvalue weighted by molar-refractivity contribution is -0.137. The Hall–Kier alpha value is -3.13. The average Bonchev–Trinajstić information content (AvgIpc) is 3.47. The number of furan rings is 1. The molecule has 0 fully saturated rings. The summed E-state index contributed by atoms with van der Waals surface area (Å²) in [5.41, 5.74) is 0.226.